The van der Waals surface area contributed by atoms with Crippen molar-refractivity contribution in [2.24, 2.45) is 0 Å². The molecular weight excluding hydrogens is 274 g/mol. The van der Waals surface area contributed by atoms with E-state index in [0.29, 0.717) is 12.2 Å². The van der Waals surface area contributed by atoms with Gasteiger partial charge in [0, 0.05) is 11.6 Å². The number of rotatable bonds is 6. The summed E-state index contributed by atoms with van der Waals surface area (Å²) >= 11 is 0. The Morgan fingerprint density at radius 1 is 1.00 bits per heavy atom. The van der Waals surface area contributed by atoms with Crippen molar-refractivity contribution in [2.45, 2.75) is 39.8 Å². The predicted octanol–water partition coefficient (Wildman–Crippen LogP) is 3.97. The van der Waals surface area contributed by atoms with Crippen molar-refractivity contribution in [3.05, 3.63) is 65.2 Å². The molecule has 0 aliphatic rings. The number of hydrogen-bond acceptors (Lipinski definition) is 2. The smallest absolute Gasteiger partial charge is 0.251 e. The van der Waals surface area contributed by atoms with Crippen molar-refractivity contribution >= 4 is 5.91 Å². The highest BCUT2D eigenvalue weighted by atomic mass is 16.5. The lowest BCUT2D eigenvalue weighted by Crippen LogP contribution is -2.29. The Balaban J connectivity index is 1.92. The molecule has 0 radical (unpaired) electrons. The first-order valence-electron chi connectivity index (χ1n) is 7.70. The van der Waals surface area contributed by atoms with Gasteiger partial charge in [-0.25, -0.2) is 0 Å². The molecule has 2 aromatic carbocycles. The number of carbonyl (C=O) groups excluding carboxylic acids is 1. The van der Waals surface area contributed by atoms with Crippen LogP contribution in [0.3, 0.4) is 0 Å². The standard InChI is InChI=1S/C19H23NO2/c1-4-15-7-11-18(12-8-15)22-13-16-5-9-17(10-6-16)19(21)20-14(2)3/h5-12,14H,4,13H2,1-3H3,(H,20,21). The summed E-state index contributed by atoms with van der Waals surface area (Å²) < 4.78 is 5.76. The van der Waals surface area contributed by atoms with Gasteiger partial charge in [-0.05, 0) is 55.7 Å². The third-order valence-electron chi connectivity index (χ3n) is 3.37. The minimum atomic E-state index is -0.0439. The van der Waals surface area contributed by atoms with Gasteiger partial charge in [0.15, 0.2) is 0 Å². The SMILES string of the molecule is CCc1ccc(OCc2ccc(C(=O)NC(C)C)cc2)cc1. The summed E-state index contributed by atoms with van der Waals surface area (Å²) in [4.78, 5) is 11.9. The van der Waals surface area contributed by atoms with Crippen molar-refractivity contribution in [1.29, 1.82) is 0 Å². The maximum atomic E-state index is 11.9. The zero-order valence-electron chi connectivity index (χ0n) is 13.4. The molecule has 0 atom stereocenters. The number of amides is 1. The Hall–Kier alpha value is -2.29. The molecule has 1 amide bonds. The first kappa shape index (κ1) is 16.1. The van der Waals surface area contributed by atoms with Crippen LogP contribution in [0, 0.1) is 0 Å². The van der Waals surface area contributed by atoms with Crippen molar-refractivity contribution in [2.75, 3.05) is 0 Å². The predicted molar refractivity (Wildman–Crippen MR) is 89.2 cm³/mol. The summed E-state index contributed by atoms with van der Waals surface area (Å²) in [5.74, 6) is 0.816. The maximum Gasteiger partial charge on any atom is 0.251 e. The molecule has 2 aromatic rings. The molecule has 0 aliphatic heterocycles. The van der Waals surface area contributed by atoms with Gasteiger partial charge in [0.2, 0.25) is 0 Å². The monoisotopic (exact) mass is 297 g/mol. The van der Waals surface area contributed by atoms with E-state index in [1.165, 1.54) is 5.56 Å². The van der Waals surface area contributed by atoms with Crippen molar-refractivity contribution in [3.8, 4) is 5.75 Å². The molecule has 0 aliphatic carbocycles. The highest BCUT2D eigenvalue weighted by molar-refractivity contribution is 5.94. The highest BCUT2D eigenvalue weighted by Crippen LogP contribution is 2.15. The Bertz CT molecular complexity index is 600. The zero-order chi connectivity index (χ0) is 15.9. The average molecular weight is 297 g/mol. The molecule has 0 fully saturated rings. The third-order valence-corrected chi connectivity index (χ3v) is 3.37. The minimum absolute atomic E-state index is 0.0439. The van der Waals surface area contributed by atoms with E-state index in [1.54, 1.807) is 0 Å². The minimum Gasteiger partial charge on any atom is -0.489 e. The summed E-state index contributed by atoms with van der Waals surface area (Å²) in [6, 6.07) is 15.8. The van der Waals surface area contributed by atoms with Gasteiger partial charge < -0.3 is 10.1 Å². The Morgan fingerprint density at radius 2 is 1.59 bits per heavy atom. The molecule has 2 rings (SSSR count). The molecule has 0 bridgehead atoms. The summed E-state index contributed by atoms with van der Waals surface area (Å²) in [5, 5.41) is 2.88. The summed E-state index contributed by atoms with van der Waals surface area (Å²) in [6.45, 7) is 6.53. The van der Waals surface area contributed by atoms with Crippen molar-refractivity contribution in [1.82, 2.24) is 5.32 Å². The van der Waals surface area contributed by atoms with E-state index in [1.807, 2.05) is 50.2 Å². The molecule has 22 heavy (non-hydrogen) atoms. The average Bonchev–Trinajstić information content (AvgIpc) is 2.53. The van der Waals surface area contributed by atoms with Crippen LogP contribution >= 0.6 is 0 Å². The van der Waals surface area contributed by atoms with E-state index in [0.717, 1.165) is 17.7 Å². The first-order chi connectivity index (χ1) is 10.6. The fraction of sp³-hybridized carbons (Fsp3) is 0.316. The van der Waals surface area contributed by atoms with Crippen LogP contribution < -0.4 is 10.1 Å². The van der Waals surface area contributed by atoms with Crippen molar-refractivity contribution < 1.29 is 9.53 Å². The van der Waals surface area contributed by atoms with Crippen LogP contribution in [0.4, 0.5) is 0 Å². The second kappa shape index (κ2) is 7.64. The van der Waals surface area contributed by atoms with E-state index in [4.69, 9.17) is 4.74 Å². The number of benzene rings is 2. The lowest BCUT2D eigenvalue weighted by molar-refractivity contribution is 0.0943. The van der Waals surface area contributed by atoms with Crippen LogP contribution in [0.15, 0.2) is 48.5 Å². The zero-order valence-corrected chi connectivity index (χ0v) is 13.4. The Labute approximate surface area is 132 Å². The number of carbonyl (C=O) groups is 1. The lowest BCUT2D eigenvalue weighted by Gasteiger charge is -2.10. The van der Waals surface area contributed by atoms with Gasteiger partial charge in [-0.15, -0.1) is 0 Å². The fourth-order valence-electron chi connectivity index (χ4n) is 2.09. The molecule has 0 unspecified atom stereocenters. The highest BCUT2D eigenvalue weighted by Gasteiger charge is 2.06. The van der Waals surface area contributed by atoms with Crippen LogP contribution in [0.2, 0.25) is 0 Å². The van der Waals surface area contributed by atoms with Crippen LogP contribution in [0.25, 0.3) is 0 Å². The normalized spacial score (nSPS) is 10.5. The summed E-state index contributed by atoms with van der Waals surface area (Å²) in [5.41, 5.74) is 3.01. The van der Waals surface area contributed by atoms with Crippen LogP contribution in [0.1, 0.15) is 42.3 Å². The number of ether oxygens (including phenoxy) is 1. The van der Waals surface area contributed by atoms with Crippen LogP contribution in [0.5, 0.6) is 5.75 Å². The molecule has 0 saturated heterocycles. The second-order valence-electron chi connectivity index (χ2n) is 5.61. The Kier molecular flexibility index (Phi) is 5.59. The number of hydrogen-bond donors (Lipinski definition) is 1. The van der Waals surface area contributed by atoms with E-state index in [9.17, 15) is 4.79 Å². The molecule has 1 N–H and O–H groups in total. The fourth-order valence-corrected chi connectivity index (χ4v) is 2.09. The largest absolute Gasteiger partial charge is 0.489 e. The van der Waals surface area contributed by atoms with Gasteiger partial charge in [0.05, 0.1) is 0 Å². The molecule has 0 heterocycles. The summed E-state index contributed by atoms with van der Waals surface area (Å²) in [7, 11) is 0. The molecule has 0 aromatic heterocycles. The lowest BCUT2D eigenvalue weighted by atomic mass is 10.1. The quantitative estimate of drug-likeness (QED) is 0.876. The van der Waals surface area contributed by atoms with Crippen LogP contribution in [-0.4, -0.2) is 11.9 Å². The van der Waals surface area contributed by atoms with Gasteiger partial charge in [-0.2, -0.15) is 0 Å². The van der Waals surface area contributed by atoms with Gasteiger partial charge in [0.25, 0.3) is 5.91 Å². The second-order valence-corrected chi connectivity index (χ2v) is 5.61. The van der Waals surface area contributed by atoms with Gasteiger partial charge in [-0.1, -0.05) is 31.2 Å². The molecule has 3 heteroatoms. The first-order valence-corrected chi connectivity index (χ1v) is 7.70. The van der Waals surface area contributed by atoms with E-state index in [-0.39, 0.29) is 11.9 Å². The summed E-state index contributed by atoms with van der Waals surface area (Å²) in [6.07, 6.45) is 1.03. The molecule has 116 valence electrons. The van der Waals surface area contributed by atoms with E-state index >= 15 is 0 Å². The molecule has 0 spiro atoms. The number of aryl methyl sites for hydroxylation is 1. The molecule has 3 nitrogen and oxygen atoms in total. The van der Waals surface area contributed by atoms with E-state index in [2.05, 4.69) is 24.4 Å². The molecule has 0 saturated carbocycles. The maximum absolute atomic E-state index is 11.9. The van der Waals surface area contributed by atoms with E-state index < -0.39 is 0 Å². The van der Waals surface area contributed by atoms with Gasteiger partial charge in [0.1, 0.15) is 12.4 Å². The van der Waals surface area contributed by atoms with Crippen LogP contribution in [-0.2, 0) is 13.0 Å². The number of nitrogens with one attached hydrogen (secondary N) is 1. The van der Waals surface area contributed by atoms with Crippen molar-refractivity contribution in [3.63, 3.8) is 0 Å². The van der Waals surface area contributed by atoms with Gasteiger partial charge in [-0.3, -0.25) is 4.79 Å². The topological polar surface area (TPSA) is 38.3 Å². The third kappa shape index (κ3) is 4.62. The molecular formula is C19H23NO2. The van der Waals surface area contributed by atoms with Gasteiger partial charge >= 0.3 is 0 Å². The Morgan fingerprint density at radius 3 is 2.14 bits per heavy atom.